The van der Waals surface area contributed by atoms with Crippen LogP contribution >= 0.6 is 0 Å². The average Bonchev–Trinajstić information content (AvgIpc) is 2.99. The molecule has 0 saturated heterocycles. The number of nitrogens with zero attached hydrogens (tertiary/aromatic N) is 2. The van der Waals surface area contributed by atoms with Crippen LogP contribution in [0.25, 0.3) is 0 Å². The molecule has 0 radical (unpaired) electrons. The molecule has 0 aromatic heterocycles. The molecule has 1 aliphatic heterocycles. The summed E-state index contributed by atoms with van der Waals surface area (Å²) in [5.41, 5.74) is 1.49. The van der Waals surface area contributed by atoms with Crippen molar-refractivity contribution < 1.29 is 29.0 Å². The third-order valence-electron chi connectivity index (χ3n) is 8.05. The predicted molar refractivity (Wildman–Crippen MR) is 157 cm³/mol. The van der Waals surface area contributed by atoms with Crippen LogP contribution in [0.2, 0.25) is 0 Å². The Balaban J connectivity index is 1.53. The molecule has 3 N–H and O–H groups in total. The number of amides is 4. The zero-order chi connectivity index (χ0) is 29.5. The third kappa shape index (κ3) is 7.49. The minimum absolute atomic E-state index is 0.0200. The number of ether oxygens (including phenoxy) is 2. The van der Waals surface area contributed by atoms with Gasteiger partial charge in [0.15, 0.2) is 0 Å². The minimum Gasteiger partial charge on any atom is -0.497 e. The largest absolute Gasteiger partial charge is 0.497 e. The van der Waals surface area contributed by atoms with E-state index < -0.39 is 12.1 Å². The molecule has 4 amide bonds. The molecule has 222 valence electrons. The van der Waals surface area contributed by atoms with E-state index in [2.05, 4.69) is 10.6 Å². The van der Waals surface area contributed by atoms with Crippen molar-refractivity contribution in [2.75, 3.05) is 44.5 Å². The molecule has 0 unspecified atom stereocenters. The highest BCUT2D eigenvalue weighted by atomic mass is 16.5. The summed E-state index contributed by atoms with van der Waals surface area (Å²) in [6.07, 6.45) is 4.57. The van der Waals surface area contributed by atoms with Gasteiger partial charge in [-0.15, -0.1) is 0 Å². The van der Waals surface area contributed by atoms with Crippen molar-refractivity contribution in [3.63, 3.8) is 0 Å². The van der Waals surface area contributed by atoms with Gasteiger partial charge >= 0.3 is 6.03 Å². The lowest BCUT2D eigenvalue weighted by Crippen LogP contribution is -2.50. The fourth-order valence-corrected chi connectivity index (χ4v) is 5.37. The first-order valence-corrected chi connectivity index (χ1v) is 14.4. The number of rotatable bonds is 8. The van der Waals surface area contributed by atoms with E-state index in [9.17, 15) is 19.5 Å². The number of aliphatic hydroxyl groups excluding tert-OH is 1. The highest BCUT2D eigenvalue weighted by Gasteiger charge is 2.34. The van der Waals surface area contributed by atoms with Crippen molar-refractivity contribution >= 4 is 29.2 Å². The first kappa shape index (κ1) is 30.2. The molecule has 2 aromatic carbocycles. The van der Waals surface area contributed by atoms with Gasteiger partial charge in [0.1, 0.15) is 17.6 Å². The Morgan fingerprint density at radius 3 is 2.44 bits per heavy atom. The molecular formula is C31H42N4O6. The molecular weight excluding hydrogens is 524 g/mol. The summed E-state index contributed by atoms with van der Waals surface area (Å²) in [6, 6.07) is 11.4. The summed E-state index contributed by atoms with van der Waals surface area (Å²) in [6.45, 7) is 4.16. The van der Waals surface area contributed by atoms with E-state index in [1.54, 1.807) is 73.3 Å². The fraction of sp³-hybridized carbons (Fsp3) is 0.516. The standard InChI is InChI=1S/C31H42N4O6/c1-20-17-35(21(2)19-36)30(38)26-16-24(32-29(37)22-8-6-5-7-9-22)12-15-27(26)41-28(20)18-34(3)31(39)33-23-10-13-25(40-4)14-11-23/h10-16,20-22,28,36H,5-9,17-19H2,1-4H3,(H,32,37)(H,33,39)/t20-,21+,28-/m1/s1. The van der Waals surface area contributed by atoms with Gasteiger partial charge in [0.05, 0.1) is 31.9 Å². The lowest BCUT2D eigenvalue weighted by atomic mass is 9.88. The second-order valence-electron chi connectivity index (χ2n) is 11.2. The maximum Gasteiger partial charge on any atom is 0.321 e. The molecule has 3 atom stereocenters. The SMILES string of the molecule is COc1ccc(NC(=O)N(C)C[C@H]2Oc3ccc(NC(=O)C4CCCCC4)cc3C(=O)N([C@@H](C)CO)C[C@H]2C)cc1. The number of methoxy groups -OCH3 is 1. The fourth-order valence-electron chi connectivity index (χ4n) is 5.37. The van der Waals surface area contributed by atoms with Crippen LogP contribution in [0.5, 0.6) is 11.5 Å². The summed E-state index contributed by atoms with van der Waals surface area (Å²) >= 11 is 0. The van der Waals surface area contributed by atoms with E-state index in [-0.39, 0.29) is 42.8 Å². The van der Waals surface area contributed by atoms with Crippen LogP contribution in [-0.4, -0.2) is 78.8 Å². The van der Waals surface area contributed by atoms with E-state index in [1.807, 2.05) is 6.92 Å². The molecule has 0 bridgehead atoms. The second-order valence-corrected chi connectivity index (χ2v) is 11.2. The number of hydrogen-bond donors (Lipinski definition) is 3. The van der Waals surface area contributed by atoms with E-state index in [0.29, 0.717) is 35.0 Å². The summed E-state index contributed by atoms with van der Waals surface area (Å²) in [5.74, 6) is 0.601. The normalized spacial score (nSPS) is 20.1. The number of carbonyl (C=O) groups excluding carboxylic acids is 3. The monoisotopic (exact) mass is 566 g/mol. The van der Waals surface area contributed by atoms with Gasteiger partial charge in [-0.3, -0.25) is 9.59 Å². The highest BCUT2D eigenvalue weighted by Crippen LogP contribution is 2.32. The third-order valence-corrected chi connectivity index (χ3v) is 8.05. The molecule has 2 aromatic rings. The van der Waals surface area contributed by atoms with E-state index in [0.717, 1.165) is 32.1 Å². The molecule has 10 heteroatoms. The van der Waals surface area contributed by atoms with Gasteiger partial charge in [-0.25, -0.2) is 4.79 Å². The molecule has 1 heterocycles. The van der Waals surface area contributed by atoms with Gasteiger partial charge in [-0.1, -0.05) is 26.2 Å². The van der Waals surface area contributed by atoms with Crippen LogP contribution in [0.15, 0.2) is 42.5 Å². The van der Waals surface area contributed by atoms with Crippen molar-refractivity contribution in [2.24, 2.45) is 11.8 Å². The Morgan fingerprint density at radius 2 is 1.78 bits per heavy atom. The Hall–Kier alpha value is -3.79. The summed E-state index contributed by atoms with van der Waals surface area (Å²) in [4.78, 5) is 42.8. The quantitative estimate of drug-likeness (QED) is 0.430. The zero-order valence-corrected chi connectivity index (χ0v) is 24.4. The molecule has 1 aliphatic carbocycles. The number of urea groups is 1. The van der Waals surface area contributed by atoms with E-state index >= 15 is 0 Å². The number of anilines is 2. The second kappa shape index (κ2) is 13.7. The lowest BCUT2D eigenvalue weighted by Gasteiger charge is -2.38. The van der Waals surface area contributed by atoms with Gasteiger partial charge in [-0.2, -0.15) is 0 Å². The molecule has 0 spiro atoms. The number of nitrogens with one attached hydrogen (secondary N) is 2. The highest BCUT2D eigenvalue weighted by molar-refractivity contribution is 6.00. The number of benzene rings is 2. The minimum atomic E-state index is -0.440. The van der Waals surface area contributed by atoms with Gasteiger partial charge in [0.2, 0.25) is 5.91 Å². The van der Waals surface area contributed by atoms with Crippen molar-refractivity contribution in [3.05, 3.63) is 48.0 Å². The number of likely N-dealkylation sites (N-methyl/N-ethyl adjacent to an activating group) is 1. The van der Waals surface area contributed by atoms with Crippen molar-refractivity contribution in [1.29, 1.82) is 0 Å². The zero-order valence-electron chi connectivity index (χ0n) is 24.4. The maximum atomic E-state index is 13.7. The van der Waals surface area contributed by atoms with Gasteiger partial charge in [-0.05, 0) is 62.2 Å². The first-order valence-electron chi connectivity index (χ1n) is 14.4. The number of carbonyl (C=O) groups is 3. The summed E-state index contributed by atoms with van der Waals surface area (Å²) in [5, 5.41) is 15.8. The topological polar surface area (TPSA) is 120 Å². The van der Waals surface area contributed by atoms with Crippen LogP contribution in [-0.2, 0) is 4.79 Å². The van der Waals surface area contributed by atoms with Crippen molar-refractivity contribution in [3.8, 4) is 11.5 Å². The van der Waals surface area contributed by atoms with Gasteiger partial charge < -0.3 is 35.0 Å². The average molecular weight is 567 g/mol. The molecule has 1 saturated carbocycles. The molecule has 10 nitrogen and oxygen atoms in total. The molecule has 4 rings (SSSR count). The van der Waals surface area contributed by atoms with E-state index in [1.165, 1.54) is 0 Å². The van der Waals surface area contributed by atoms with Crippen molar-refractivity contribution in [2.45, 2.75) is 58.1 Å². The van der Waals surface area contributed by atoms with Crippen LogP contribution in [0.4, 0.5) is 16.2 Å². The smallest absolute Gasteiger partial charge is 0.321 e. The van der Waals surface area contributed by atoms with Gasteiger partial charge in [0, 0.05) is 36.8 Å². The molecule has 2 aliphatic rings. The van der Waals surface area contributed by atoms with Gasteiger partial charge in [0.25, 0.3) is 5.91 Å². The van der Waals surface area contributed by atoms with Crippen LogP contribution < -0.4 is 20.1 Å². The van der Waals surface area contributed by atoms with Crippen LogP contribution in [0.3, 0.4) is 0 Å². The maximum absolute atomic E-state index is 13.7. The van der Waals surface area contributed by atoms with Crippen LogP contribution in [0.1, 0.15) is 56.3 Å². The van der Waals surface area contributed by atoms with Crippen molar-refractivity contribution in [1.82, 2.24) is 9.80 Å². The lowest BCUT2D eigenvalue weighted by molar-refractivity contribution is -0.120. The Kier molecular flexibility index (Phi) is 10.1. The first-order chi connectivity index (χ1) is 19.7. The molecule has 1 fully saturated rings. The Labute approximate surface area is 242 Å². The Bertz CT molecular complexity index is 1210. The Morgan fingerprint density at radius 1 is 1.10 bits per heavy atom. The number of hydrogen-bond acceptors (Lipinski definition) is 6. The molecule has 41 heavy (non-hydrogen) atoms. The number of fused-ring (bicyclic) bond motifs is 1. The summed E-state index contributed by atoms with van der Waals surface area (Å²) in [7, 11) is 3.28. The van der Waals surface area contributed by atoms with E-state index in [4.69, 9.17) is 9.47 Å². The summed E-state index contributed by atoms with van der Waals surface area (Å²) < 4.78 is 11.6. The number of aliphatic hydroxyl groups is 1. The van der Waals surface area contributed by atoms with Crippen LogP contribution in [0, 0.1) is 11.8 Å². The predicted octanol–water partition coefficient (Wildman–Crippen LogP) is 4.60.